The van der Waals surface area contributed by atoms with E-state index in [0.29, 0.717) is 12.1 Å². The number of piperidine rings is 1. The molecule has 1 saturated heterocycles. The van der Waals surface area contributed by atoms with Gasteiger partial charge in [0.25, 0.3) is 5.91 Å². The topological polar surface area (TPSA) is 58.4 Å². The van der Waals surface area contributed by atoms with Gasteiger partial charge in [-0.05, 0) is 48.6 Å². The Hall–Kier alpha value is -2.17. The summed E-state index contributed by atoms with van der Waals surface area (Å²) in [5.74, 6) is 0.0147. The van der Waals surface area contributed by atoms with Gasteiger partial charge in [0.15, 0.2) is 0 Å². The summed E-state index contributed by atoms with van der Waals surface area (Å²) in [6.45, 7) is 5.70. The van der Waals surface area contributed by atoms with Gasteiger partial charge in [-0.15, -0.1) is 0 Å². The lowest BCUT2D eigenvalue weighted by atomic mass is 10.0. The van der Waals surface area contributed by atoms with E-state index in [4.69, 9.17) is 5.73 Å². The fourth-order valence-corrected chi connectivity index (χ4v) is 3.32. The Bertz CT molecular complexity index is 703. The van der Waals surface area contributed by atoms with E-state index in [1.807, 2.05) is 24.3 Å². The molecule has 1 amide bonds. The van der Waals surface area contributed by atoms with Crippen LogP contribution in [-0.2, 0) is 13.1 Å². The summed E-state index contributed by atoms with van der Waals surface area (Å²) < 4.78 is 0. The standard InChI is InChI=1S/C21H27N3O/c1-16-4-2-3-5-19(16)15-24-12-10-20(11-13-24)23-21(25)18-8-6-17(14-22)7-9-18/h2-9,20H,10-15,22H2,1H3,(H,23,25). The lowest BCUT2D eigenvalue weighted by Crippen LogP contribution is -2.44. The van der Waals surface area contributed by atoms with Crippen molar-refractivity contribution in [3.63, 3.8) is 0 Å². The Morgan fingerprint density at radius 1 is 1.12 bits per heavy atom. The quantitative estimate of drug-likeness (QED) is 0.882. The van der Waals surface area contributed by atoms with Gasteiger partial charge in [0.1, 0.15) is 0 Å². The van der Waals surface area contributed by atoms with E-state index in [0.717, 1.165) is 38.0 Å². The first-order valence-corrected chi connectivity index (χ1v) is 9.02. The molecule has 0 aromatic heterocycles. The van der Waals surface area contributed by atoms with Gasteiger partial charge < -0.3 is 11.1 Å². The van der Waals surface area contributed by atoms with Gasteiger partial charge in [-0.2, -0.15) is 0 Å². The number of benzene rings is 2. The van der Waals surface area contributed by atoms with Crippen LogP contribution in [-0.4, -0.2) is 29.9 Å². The normalized spacial score (nSPS) is 15.9. The Balaban J connectivity index is 1.48. The highest BCUT2D eigenvalue weighted by molar-refractivity contribution is 5.94. The monoisotopic (exact) mass is 337 g/mol. The van der Waals surface area contributed by atoms with Crippen LogP contribution in [0, 0.1) is 6.92 Å². The molecule has 1 fully saturated rings. The zero-order valence-electron chi connectivity index (χ0n) is 14.9. The third kappa shape index (κ3) is 4.68. The molecular weight excluding hydrogens is 310 g/mol. The van der Waals surface area contributed by atoms with Crippen LogP contribution in [0.25, 0.3) is 0 Å². The fraction of sp³-hybridized carbons (Fsp3) is 0.381. The van der Waals surface area contributed by atoms with E-state index >= 15 is 0 Å². The number of nitrogens with zero attached hydrogens (tertiary/aromatic N) is 1. The molecule has 0 saturated carbocycles. The number of rotatable bonds is 5. The first kappa shape index (κ1) is 17.6. The number of hydrogen-bond acceptors (Lipinski definition) is 3. The maximum atomic E-state index is 12.4. The number of amides is 1. The van der Waals surface area contributed by atoms with Crippen LogP contribution in [0.4, 0.5) is 0 Å². The summed E-state index contributed by atoms with van der Waals surface area (Å²) in [5.41, 5.74) is 10.1. The Kier molecular flexibility index (Phi) is 5.84. The minimum Gasteiger partial charge on any atom is -0.349 e. The molecule has 3 N–H and O–H groups in total. The van der Waals surface area contributed by atoms with E-state index in [9.17, 15) is 4.79 Å². The molecule has 4 heteroatoms. The van der Waals surface area contributed by atoms with Gasteiger partial charge in [0.2, 0.25) is 0 Å². The third-order valence-electron chi connectivity index (χ3n) is 5.03. The number of carbonyl (C=O) groups is 1. The molecule has 132 valence electrons. The fourth-order valence-electron chi connectivity index (χ4n) is 3.32. The highest BCUT2D eigenvalue weighted by atomic mass is 16.1. The zero-order valence-corrected chi connectivity index (χ0v) is 14.9. The van der Waals surface area contributed by atoms with Crippen LogP contribution in [0.3, 0.4) is 0 Å². The average Bonchev–Trinajstić information content (AvgIpc) is 2.65. The SMILES string of the molecule is Cc1ccccc1CN1CCC(NC(=O)c2ccc(CN)cc2)CC1. The van der Waals surface area contributed by atoms with Crippen LogP contribution in [0.5, 0.6) is 0 Å². The number of hydrogen-bond donors (Lipinski definition) is 2. The number of nitrogens with two attached hydrogens (primary N) is 1. The second-order valence-electron chi connectivity index (χ2n) is 6.85. The van der Waals surface area contributed by atoms with Crippen LogP contribution in [0.15, 0.2) is 48.5 Å². The average molecular weight is 337 g/mol. The summed E-state index contributed by atoms with van der Waals surface area (Å²) in [6.07, 6.45) is 2.00. The number of carbonyl (C=O) groups excluding carboxylic acids is 1. The maximum Gasteiger partial charge on any atom is 0.251 e. The molecule has 0 unspecified atom stereocenters. The molecule has 0 atom stereocenters. The van der Waals surface area contributed by atoms with E-state index in [1.54, 1.807) is 0 Å². The maximum absolute atomic E-state index is 12.4. The van der Waals surface area contributed by atoms with Crippen LogP contribution < -0.4 is 11.1 Å². The molecule has 4 nitrogen and oxygen atoms in total. The van der Waals surface area contributed by atoms with Gasteiger partial charge in [-0.25, -0.2) is 0 Å². The largest absolute Gasteiger partial charge is 0.349 e. The van der Waals surface area contributed by atoms with Gasteiger partial charge in [0.05, 0.1) is 0 Å². The zero-order chi connectivity index (χ0) is 17.6. The van der Waals surface area contributed by atoms with Crippen molar-refractivity contribution in [2.75, 3.05) is 13.1 Å². The summed E-state index contributed by atoms with van der Waals surface area (Å²) in [5, 5.41) is 3.17. The second-order valence-corrected chi connectivity index (χ2v) is 6.85. The van der Waals surface area contributed by atoms with Gasteiger partial charge in [-0.1, -0.05) is 36.4 Å². The number of aryl methyl sites for hydroxylation is 1. The molecular formula is C21H27N3O. The molecule has 2 aromatic rings. The Morgan fingerprint density at radius 3 is 2.44 bits per heavy atom. The highest BCUT2D eigenvalue weighted by Crippen LogP contribution is 2.16. The van der Waals surface area contributed by atoms with Crippen molar-refractivity contribution >= 4 is 5.91 Å². The van der Waals surface area contributed by atoms with Crippen LogP contribution >= 0.6 is 0 Å². The van der Waals surface area contributed by atoms with Gasteiger partial charge >= 0.3 is 0 Å². The van der Waals surface area contributed by atoms with E-state index in [2.05, 4.69) is 41.4 Å². The third-order valence-corrected chi connectivity index (χ3v) is 5.03. The second kappa shape index (κ2) is 8.28. The molecule has 0 bridgehead atoms. The summed E-state index contributed by atoms with van der Waals surface area (Å²) in [7, 11) is 0. The smallest absolute Gasteiger partial charge is 0.251 e. The van der Waals surface area contributed by atoms with Crippen molar-refractivity contribution in [2.45, 2.75) is 38.9 Å². The summed E-state index contributed by atoms with van der Waals surface area (Å²) >= 11 is 0. The molecule has 2 aromatic carbocycles. The summed E-state index contributed by atoms with van der Waals surface area (Å²) in [4.78, 5) is 14.8. The first-order chi connectivity index (χ1) is 12.2. The molecule has 0 spiro atoms. The van der Waals surface area contributed by atoms with Crippen molar-refractivity contribution < 1.29 is 4.79 Å². The molecule has 25 heavy (non-hydrogen) atoms. The van der Waals surface area contributed by atoms with Crippen LogP contribution in [0.1, 0.15) is 39.9 Å². The highest BCUT2D eigenvalue weighted by Gasteiger charge is 2.21. The molecule has 1 aliphatic rings. The summed E-state index contributed by atoms with van der Waals surface area (Å²) in [6, 6.07) is 16.3. The molecule has 0 aliphatic carbocycles. The van der Waals surface area contributed by atoms with E-state index < -0.39 is 0 Å². The van der Waals surface area contributed by atoms with Crippen molar-refractivity contribution in [1.29, 1.82) is 0 Å². The minimum absolute atomic E-state index is 0.0147. The number of likely N-dealkylation sites (tertiary alicyclic amines) is 1. The van der Waals surface area contributed by atoms with Crippen molar-refractivity contribution in [1.82, 2.24) is 10.2 Å². The first-order valence-electron chi connectivity index (χ1n) is 9.02. The minimum atomic E-state index is 0.0147. The van der Waals surface area contributed by atoms with Gasteiger partial charge in [0, 0.05) is 37.8 Å². The molecule has 1 aliphatic heterocycles. The van der Waals surface area contributed by atoms with Gasteiger partial charge in [-0.3, -0.25) is 9.69 Å². The Morgan fingerprint density at radius 2 is 1.80 bits per heavy atom. The Labute approximate surface area is 150 Å². The predicted octanol–water partition coefficient (Wildman–Crippen LogP) is 2.85. The lowest BCUT2D eigenvalue weighted by molar-refractivity contribution is 0.0909. The van der Waals surface area contributed by atoms with Crippen molar-refractivity contribution in [2.24, 2.45) is 5.73 Å². The lowest BCUT2D eigenvalue weighted by Gasteiger charge is -2.32. The predicted molar refractivity (Wildman–Crippen MR) is 101 cm³/mol. The van der Waals surface area contributed by atoms with Crippen molar-refractivity contribution in [3.8, 4) is 0 Å². The molecule has 0 radical (unpaired) electrons. The van der Waals surface area contributed by atoms with Crippen LogP contribution in [0.2, 0.25) is 0 Å². The molecule has 3 rings (SSSR count). The van der Waals surface area contributed by atoms with E-state index in [1.165, 1.54) is 11.1 Å². The molecule has 1 heterocycles. The van der Waals surface area contributed by atoms with E-state index in [-0.39, 0.29) is 11.9 Å². The van der Waals surface area contributed by atoms with Crippen molar-refractivity contribution in [3.05, 3.63) is 70.8 Å². The number of nitrogens with one attached hydrogen (secondary N) is 1.